The molecular weight excluding hydrogens is 330 g/mol. The number of cyclic esters (lactones) is 1. The van der Waals surface area contributed by atoms with Gasteiger partial charge in [-0.05, 0) is 37.0 Å². The molecule has 24 heavy (non-hydrogen) atoms. The molecule has 0 saturated carbocycles. The van der Waals surface area contributed by atoms with Gasteiger partial charge < -0.3 is 19.5 Å². The normalized spacial score (nSPS) is 17.3. The second-order valence-electron chi connectivity index (χ2n) is 5.19. The van der Waals surface area contributed by atoms with Gasteiger partial charge in [-0.2, -0.15) is 0 Å². The van der Waals surface area contributed by atoms with Gasteiger partial charge in [0, 0.05) is 23.1 Å². The summed E-state index contributed by atoms with van der Waals surface area (Å²) in [5, 5.41) is 3.38. The molecule has 0 bridgehead atoms. The maximum atomic E-state index is 11.5. The molecule has 0 fully saturated rings. The predicted molar refractivity (Wildman–Crippen MR) is 92.5 cm³/mol. The number of hydrogen-bond acceptors (Lipinski definition) is 7. The Kier molecular flexibility index (Phi) is 6.54. The number of benzene rings is 1. The van der Waals surface area contributed by atoms with Crippen LogP contribution < -0.4 is 10.1 Å². The van der Waals surface area contributed by atoms with Crippen molar-refractivity contribution in [2.24, 2.45) is 0 Å². The van der Waals surface area contributed by atoms with Crippen LogP contribution in [-0.4, -0.2) is 44.6 Å². The first kappa shape index (κ1) is 18.2. The molecule has 0 radical (unpaired) electrons. The molecule has 0 amide bonds. The summed E-state index contributed by atoms with van der Waals surface area (Å²) in [5.41, 5.74) is 0.898. The number of hydrogen-bond donors (Lipinski definition) is 1. The number of thioether (sulfide) groups is 1. The molecule has 1 aliphatic heterocycles. The quantitative estimate of drug-likeness (QED) is 0.570. The number of carbonyl (C=O) groups excluding carboxylic acids is 2. The lowest BCUT2D eigenvalue weighted by Crippen LogP contribution is -2.34. The standard InChI is InChI=1S/C17H21NO5S/c1-21-11-4-5-13(15(10-11)24-3)18-12(6-8-16(19)22-2)14-7-9-17(20)23-14/h4-5,7,9-10,12,14,18H,6,8H2,1-3H3/t12-,14+/m0/s1. The number of methoxy groups -OCH3 is 2. The number of esters is 2. The van der Waals surface area contributed by atoms with E-state index in [0.29, 0.717) is 6.42 Å². The molecule has 0 aromatic heterocycles. The van der Waals surface area contributed by atoms with Crippen molar-refractivity contribution in [3.8, 4) is 5.75 Å². The highest BCUT2D eigenvalue weighted by Gasteiger charge is 2.27. The third kappa shape index (κ3) is 4.67. The average molecular weight is 351 g/mol. The molecular formula is C17H21NO5S. The summed E-state index contributed by atoms with van der Waals surface area (Å²) in [6.07, 6.45) is 5.38. The van der Waals surface area contributed by atoms with E-state index in [1.165, 1.54) is 13.2 Å². The van der Waals surface area contributed by atoms with Gasteiger partial charge in [0.25, 0.3) is 0 Å². The Morgan fingerprint density at radius 2 is 2.21 bits per heavy atom. The highest BCUT2D eigenvalue weighted by atomic mass is 32.2. The van der Waals surface area contributed by atoms with Crippen LogP contribution in [0.25, 0.3) is 0 Å². The highest BCUT2D eigenvalue weighted by Crippen LogP contribution is 2.31. The molecule has 0 saturated heterocycles. The van der Waals surface area contributed by atoms with Crippen LogP contribution in [0.3, 0.4) is 0 Å². The average Bonchev–Trinajstić information content (AvgIpc) is 3.04. The molecule has 2 rings (SSSR count). The van der Waals surface area contributed by atoms with Crippen molar-refractivity contribution in [2.75, 3.05) is 25.8 Å². The molecule has 1 aromatic carbocycles. The van der Waals surface area contributed by atoms with E-state index in [4.69, 9.17) is 14.2 Å². The minimum atomic E-state index is -0.418. The van der Waals surface area contributed by atoms with E-state index < -0.39 is 6.10 Å². The van der Waals surface area contributed by atoms with Gasteiger partial charge in [0.1, 0.15) is 11.9 Å². The van der Waals surface area contributed by atoms with Gasteiger partial charge in [-0.3, -0.25) is 4.79 Å². The van der Waals surface area contributed by atoms with Crippen LogP contribution in [0.1, 0.15) is 12.8 Å². The van der Waals surface area contributed by atoms with Gasteiger partial charge in [0.15, 0.2) is 0 Å². The molecule has 1 aliphatic rings. The van der Waals surface area contributed by atoms with Crippen molar-refractivity contribution in [1.82, 2.24) is 0 Å². The monoisotopic (exact) mass is 351 g/mol. The molecule has 0 aliphatic carbocycles. The van der Waals surface area contributed by atoms with Crippen LogP contribution in [-0.2, 0) is 19.1 Å². The van der Waals surface area contributed by atoms with E-state index in [1.54, 1.807) is 24.9 Å². The Morgan fingerprint density at radius 1 is 1.42 bits per heavy atom. The predicted octanol–water partition coefficient (Wildman–Crippen LogP) is 2.63. The second-order valence-corrected chi connectivity index (χ2v) is 6.04. The van der Waals surface area contributed by atoms with Gasteiger partial charge >= 0.3 is 11.9 Å². The number of carbonyl (C=O) groups is 2. The lowest BCUT2D eigenvalue weighted by molar-refractivity contribution is -0.141. The van der Waals surface area contributed by atoms with Crippen LogP contribution in [0.5, 0.6) is 5.75 Å². The van der Waals surface area contributed by atoms with Crippen LogP contribution >= 0.6 is 11.8 Å². The smallest absolute Gasteiger partial charge is 0.331 e. The third-order valence-electron chi connectivity index (χ3n) is 3.71. The molecule has 1 heterocycles. The van der Waals surface area contributed by atoms with E-state index in [9.17, 15) is 9.59 Å². The minimum absolute atomic E-state index is 0.230. The van der Waals surface area contributed by atoms with Crippen LogP contribution in [0.4, 0.5) is 5.69 Å². The fourth-order valence-electron chi connectivity index (χ4n) is 2.41. The Morgan fingerprint density at radius 3 is 2.79 bits per heavy atom. The second kappa shape index (κ2) is 8.63. The van der Waals surface area contributed by atoms with Crippen LogP contribution in [0.2, 0.25) is 0 Å². The van der Waals surface area contributed by atoms with E-state index >= 15 is 0 Å². The summed E-state index contributed by atoms with van der Waals surface area (Å²) < 4.78 is 15.2. The largest absolute Gasteiger partial charge is 0.497 e. The zero-order valence-electron chi connectivity index (χ0n) is 13.9. The van der Waals surface area contributed by atoms with Gasteiger partial charge in [-0.25, -0.2) is 4.79 Å². The van der Waals surface area contributed by atoms with Crippen molar-refractivity contribution in [3.63, 3.8) is 0 Å². The molecule has 1 aromatic rings. The van der Waals surface area contributed by atoms with E-state index in [1.807, 2.05) is 24.5 Å². The van der Waals surface area contributed by atoms with Crippen LogP contribution in [0, 0.1) is 0 Å². The summed E-state index contributed by atoms with van der Waals surface area (Å²) in [6, 6.07) is 5.47. The summed E-state index contributed by atoms with van der Waals surface area (Å²) in [6.45, 7) is 0. The first-order valence-electron chi connectivity index (χ1n) is 7.51. The van der Waals surface area contributed by atoms with E-state index in [2.05, 4.69) is 5.32 Å². The highest BCUT2D eigenvalue weighted by molar-refractivity contribution is 7.98. The minimum Gasteiger partial charge on any atom is -0.497 e. The Labute approximate surface area is 145 Å². The molecule has 0 spiro atoms. The maximum absolute atomic E-state index is 11.5. The van der Waals surface area contributed by atoms with Gasteiger partial charge in [0.2, 0.25) is 0 Å². The van der Waals surface area contributed by atoms with Crippen molar-refractivity contribution in [2.45, 2.75) is 29.9 Å². The van der Waals surface area contributed by atoms with E-state index in [0.717, 1.165) is 16.3 Å². The summed E-state index contributed by atoms with van der Waals surface area (Å²) in [4.78, 5) is 23.8. The number of anilines is 1. The first-order chi connectivity index (χ1) is 11.6. The Hall–Kier alpha value is -2.15. The summed E-state index contributed by atoms with van der Waals surface area (Å²) >= 11 is 1.58. The van der Waals surface area contributed by atoms with Crippen molar-refractivity contribution < 1.29 is 23.8 Å². The molecule has 2 atom stereocenters. The third-order valence-corrected chi connectivity index (χ3v) is 4.49. The van der Waals surface area contributed by atoms with Gasteiger partial charge in [-0.15, -0.1) is 11.8 Å². The summed E-state index contributed by atoms with van der Waals surface area (Å²) in [5.74, 6) is 0.0998. The van der Waals surface area contributed by atoms with E-state index in [-0.39, 0.29) is 24.4 Å². The zero-order chi connectivity index (χ0) is 17.5. The maximum Gasteiger partial charge on any atom is 0.331 e. The SMILES string of the molecule is COC(=O)CC[C@H](Nc1ccc(OC)cc1SC)[C@H]1C=CC(=O)O1. The number of ether oxygens (including phenoxy) is 3. The van der Waals surface area contributed by atoms with Gasteiger partial charge in [-0.1, -0.05) is 0 Å². The Balaban J connectivity index is 2.16. The lowest BCUT2D eigenvalue weighted by Gasteiger charge is -2.25. The molecule has 7 heteroatoms. The summed E-state index contributed by atoms with van der Waals surface area (Å²) in [7, 11) is 2.98. The van der Waals surface area contributed by atoms with Crippen molar-refractivity contribution in [3.05, 3.63) is 30.4 Å². The molecule has 6 nitrogen and oxygen atoms in total. The topological polar surface area (TPSA) is 73.9 Å². The fraction of sp³-hybridized carbons (Fsp3) is 0.412. The number of rotatable bonds is 8. The molecule has 0 unspecified atom stereocenters. The van der Waals surface area contributed by atoms with Crippen molar-refractivity contribution >= 4 is 29.4 Å². The lowest BCUT2D eigenvalue weighted by atomic mass is 10.0. The molecule has 1 N–H and O–H groups in total. The fourth-order valence-corrected chi connectivity index (χ4v) is 2.99. The van der Waals surface area contributed by atoms with Gasteiger partial charge in [0.05, 0.1) is 20.3 Å². The molecule has 130 valence electrons. The van der Waals surface area contributed by atoms with Crippen molar-refractivity contribution in [1.29, 1.82) is 0 Å². The Bertz CT molecular complexity index is 631. The first-order valence-corrected chi connectivity index (χ1v) is 8.74. The van der Waals surface area contributed by atoms with Crippen LogP contribution in [0.15, 0.2) is 35.2 Å². The zero-order valence-corrected chi connectivity index (χ0v) is 14.7. The number of nitrogens with one attached hydrogen (secondary N) is 1.